The van der Waals surface area contributed by atoms with Gasteiger partial charge in [-0.25, -0.2) is 4.98 Å². The zero-order valence-electron chi connectivity index (χ0n) is 14.6. The predicted molar refractivity (Wildman–Crippen MR) is 108 cm³/mol. The Morgan fingerprint density at radius 1 is 1.26 bits per heavy atom. The number of rotatable bonds is 3. The highest BCUT2D eigenvalue weighted by molar-refractivity contribution is 6.35. The summed E-state index contributed by atoms with van der Waals surface area (Å²) in [4.78, 5) is 17.2. The number of hydrogen-bond donors (Lipinski definition) is 2. The number of carbonyl (C=O) groups is 1. The number of imidazole rings is 1. The van der Waals surface area contributed by atoms with Gasteiger partial charge in [-0.15, -0.1) is 12.4 Å². The number of aromatic nitrogens is 4. The summed E-state index contributed by atoms with van der Waals surface area (Å²) in [5.41, 5.74) is 2.06. The predicted octanol–water partition coefficient (Wildman–Crippen LogP) is 3.47. The zero-order chi connectivity index (χ0) is 17.9. The maximum absolute atomic E-state index is 12.6. The minimum Gasteiger partial charge on any atom is -0.315 e. The molecule has 1 amide bonds. The molecule has 0 saturated carbocycles. The second-order valence-corrected chi connectivity index (χ2v) is 6.76. The summed E-state index contributed by atoms with van der Waals surface area (Å²) >= 11 is 6.48. The van der Waals surface area contributed by atoms with Crippen LogP contribution in [0.5, 0.6) is 0 Å². The fraction of sp³-hybridized carbons (Fsp3) is 0.333. The molecule has 9 heteroatoms. The Kier molecular flexibility index (Phi) is 6.26. The van der Waals surface area contributed by atoms with Crippen LogP contribution in [-0.4, -0.2) is 38.7 Å². The number of fused-ring (bicyclic) bond motifs is 1. The van der Waals surface area contributed by atoms with Crippen molar-refractivity contribution in [2.75, 3.05) is 18.4 Å². The van der Waals surface area contributed by atoms with Gasteiger partial charge in [0.15, 0.2) is 0 Å². The van der Waals surface area contributed by atoms with Gasteiger partial charge in [0.1, 0.15) is 0 Å². The van der Waals surface area contributed by atoms with E-state index < -0.39 is 0 Å². The molecule has 1 aliphatic rings. The number of para-hydroxylation sites is 1. The number of carbonyl (C=O) groups excluding carboxylic acids is 1. The van der Waals surface area contributed by atoms with Crippen LogP contribution in [0.2, 0.25) is 5.02 Å². The van der Waals surface area contributed by atoms with Gasteiger partial charge in [-0.1, -0.05) is 24.1 Å². The molecular formula is C18H20Cl2N6O. The van der Waals surface area contributed by atoms with E-state index in [1.165, 1.54) is 12.4 Å². The molecule has 3 aromatic rings. The fourth-order valence-corrected chi connectivity index (χ4v) is 3.63. The SMILES string of the molecule is Cl.O=C(Nc1nc2cccc(Cl)c2n1[C@@H]1CCCCNC1)c1ccnnc1. The van der Waals surface area contributed by atoms with E-state index in [1.807, 2.05) is 18.2 Å². The van der Waals surface area contributed by atoms with E-state index in [4.69, 9.17) is 11.6 Å². The van der Waals surface area contributed by atoms with Gasteiger partial charge in [-0.3, -0.25) is 10.1 Å². The lowest BCUT2D eigenvalue weighted by molar-refractivity contribution is 0.102. The van der Waals surface area contributed by atoms with Crippen molar-refractivity contribution in [1.82, 2.24) is 25.1 Å². The van der Waals surface area contributed by atoms with Crippen LogP contribution >= 0.6 is 24.0 Å². The largest absolute Gasteiger partial charge is 0.315 e. The van der Waals surface area contributed by atoms with Crippen LogP contribution in [0.15, 0.2) is 36.7 Å². The maximum atomic E-state index is 12.6. The standard InChI is InChI=1S/C18H19ClN6O.ClH/c19-14-5-3-6-15-16(14)25(13-4-1-2-8-20-11-13)18(23-15)24-17(26)12-7-9-21-22-10-12;/h3,5-7,9-10,13,20H,1-2,4,8,11H2,(H,23,24,26);1H/t13-;/m1./s1. The highest BCUT2D eigenvalue weighted by Gasteiger charge is 2.23. The highest BCUT2D eigenvalue weighted by Crippen LogP contribution is 2.32. The molecule has 1 aliphatic heterocycles. The Morgan fingerprint density at radius 3 is 2.96 bits per heavy atom. The minimum atomic E-state index is -0.269. The summed E-state index contributed by atoms with van der Waals surface area (Å²) in [5.74, 6) is 0.234. The maximum Gasteiger partial charge on any atom is 0.259 e. The molecule has 2 aromatic heterocycles. The summed E-state index contributed by atoms with van der Waals surface area (Å²) in [5, 5.41) is 14.5. The van der Waals surface area contributed by atoms with Gasteiger partial charge in [0.05, 0.1) is 34.0 Å². The molecule has 1 saturated heterocycles. The first-order valence-corrected chi connectivity index (χ1v) is 9.07. The van der Waals surface area contributed by atoms with Crippen LogP contribution in [0.25, 0.3) is 11.0 Å². The van der Waals surface area contributed by atoms with Gasteiger partial charge in [0.2, 0.25) is 5.95 Å². The minimum absolute atomic E-state index is 0. The van der Waals surface area contributed by atoms with Crippen molar-refractivity contribution in [3.05, 3.63) is 47.2 Å². The molecular weight excluding hydrogens is 387 g/mol. The number of anilines is 1. The molecule has 0 aliphatic carbocycles. The zero-order valence-corrected chi connectivity index (χ0v) is 16.1. The number of nitrogens with zero attached hydrogens (tertiary/aromatic N) is 4. The second-order valence-electron chi connectivity index (χ2n) is 6.35. The van der Waals surface area contributed by atoms with Crippen LogP contribution in [0.1, 0.15) is 35.7 Å². The molecule has 0 spiro atoms. The first-order valence-electron chi connectivity index (χ1n) is 8.69. The van der Waals surface area contributed by atoms with Crippen molar-refractivity contribution in [1.29, 1.82) is 0 Å². The van der Waals surface area contributed by atoms with Crippen molar-refractivity contribution in [3.8, 4) is 0 Å². The van der Waals surface area contributed by atoms with Crippen LogP contribution in [0, 0.1) is 0 Å². The van der Waals surface area contributed by atoms with Crippen molar-refractivity contribution in [3.63, 3.8) is 0 Å². The van der Waals surface area contributed by atoms with Crippen LogP contribution in [-0.2, 0) is 0 Å². The lowest BCUT2D eigenvalue weighted by Gasteiger charge is -2.20. The van der Waals surface area contributed by atoms with Crippen molar-refractivity contribution in [2.45, 2.75) is 25.3 Å². The highest BCUT2D eigenvalue weighted by atomic mass is 35.5. The number of halogens is 2. The average molecular weight is 407 g/mol. The summed E-state index contributed by atoms with van der Waals surface area (Å²) in [6.45, 7) is 1.82. The molecule has 142 valence electrons. The van der Waals surface area contributed by atoms with E-state index in [-0.39, 0.29) is 24.4 Å². The van der Waals surface area contributed by atoms with Gasteiger partial charge in [0.25, 0.3) is 5.91 Å². The summed E-state index contributed by atoms with van der Waals surface area (Å²) < 4.78 is 2.06. The Labute approximate surface area is 167 Å². The van der Waals surface area contributed by atoms with Gasteiger partial charge < -0.3 is 9.88 Å². The van der Waals surface area contributed by atoms with Gasteiger partial charge in [-0.05, 0) is 37.6 Å². The molecule has 4 rings (SSSR count). The van der Waals surface area contributed by atoms with Gasteiger partial charge >= 0.3 is 0 Å². The second kappa shape index (κ2) is 8.65. The van der Waals surface area contributed by atoms with E-state index >= 15 is 0 Å². The lowest BCUT2D eigenvalue weighted by atomic mass is 10.1. The topological polar surface area (TPSA) is 84.7 Å². The summed E-state index contributed by atoms with van der Waals surface area (Å²) in [6.07, 6.45) is 6.18. The third kappa shape index (κ3) is 4.05. The molecule has 0 bridgehead atoms. The third-order valence-electron chi connectivity index (χ3n) is 4.62. The summed E-state index contributed by atoms with van der Waals surface area (Å²) in [6, 6.07) is 7.42. The Morgan fingerprint density at radius 2 is 2.15 bits per heavy atom. The monoisotopic (exact) mass is 406 g/mol. The Hall–Kier alpha value is -2.22. The van der Waals surface area contributed by atoms with Crippen LogP contribution < -0.4 is 10.6 Å². The number of nitrogens with one attached hydrogen (secondary N) is 2. The van der Waals surface area contributed by atoms with Crippen molar-refractivity contribution in [2.24, 2.45) is 0 Å². The van der Waals surface area contributed by atoms with E-state index in [0.717, 1.165) is 43.4 Å². The fourth-order valence-electron chi connectivity index (χ4n) is 3.37. The van der Waals surface area contributed by atoms with Gasteiger partial charge in [-0.2, -0.15) is 10.2 Å². The molecule has 0 unspecified atom stereocenters. The Bertz CT molecular complexity index is 922. The van der Waals surface area contributed by atoms with Crippen molar-refractivity contribution >= 4 is 46.9 Å². The van der Waals surface area contributed by atoms with E-state index in [0.29, 0.717) is 16.5 Å². The molecule has 7 nitrogen and oxygen atoms in total. The molecule has 2 N–H and O–H groups in total. The third-order valence-corrected chi connectivity index (χ3v) is 4.92. The quantitative estimate of drug-likeness (QED) is 0.695. The van der Waals surface area contributed by atoms with E-state index in [9.17, 15) is 4.79 Å². The molecule has 3 heterocycles. The molecule has 0 radical (unpaired) electrons. The lowest BCUT2D eigenvalue weighted by Crippen LogP contribution is -2.25. The molecule has 27 heavy (non-hydrogen) atoms. The molecule has 1 aromatic carbocycles. The number of amides is 1. The Balaban J connectivity index is 0.00000210. The first-order chi connectivity index (χ1) is 12.7. The summed E-state index contributed by atoms with van der Waals surface area (Å²) in [7, 11) is 0. The van der Waals surface area contributed by atoms with Crippen molar-refractivity contribution < 1.29 is 4.79 Å². The number of benzene rings is 1. The van der Waals surface area contributed by atoms with Gasteiger partial charge in [0, 0.05) is 12.6 Å². The van der Waals surface area contributed by atoms with Crippen LogP contribution in [0.4, 0.5) is 5.95 Å². The average Bonchev–Trinajstić information content (AvgIpc) is 2.83. The van der Waals surface area contributed by atoms with E-state index in [2.05, 4.69) is 30.4 Å². The molecule has 1 fully saturated rings. The van der Waals surface area contributed by atoms with Crippen LogP contribution in [0.3, 0.4) is 0 Å². The first kappa shape index (κ1) is 19.5. The normalized spacial score (nSPS) is 17.1. The number of hydrogen-bond acceptors (Lipinski definition) is 5. The molecule has 1 atom stereocenters. The smallest absolute Gasteiger partial charge is 0.259 e. The van der Waals surface area contributed by atoms with E-state index in [1.54, 1.807) is 6.07 Å².